The van der Waals surface area contributed by atoms with E-state index in [2.05, 4.69) is 98.9 Å². The van der Waals surface area contributed by atoms with Crippen LogP contribution in [0.2, 0.25) is 0 Å². The molecule has 0 bridgehead atoms. The van der Waals surface area contributed by atoms with Crippen LogP contribution in [-0.4, -0.2) is 98.9 Å². The Morgan fingerprint density at radius 2 is 0.843 bits per heavy atom. The third-order valence-corrected chi connectivity index (χ3v) is 13.2. The Labute approximate surface area is 424 Å². The van der Waals surface area contributed by atoms with Crippen molar-refractivity contribution in [3.63, 3.8) is 0 Å². The largest absolute Gasteiger partial charge is 0.472 e. The number of esters is 1. The molecule has 0 saturated heterocycles. The zero-order chi connectivity index (χ0) is 51.2. The van der Waals surface area contributed by atoms with E-state index in [9.17, 15) is 39.8 Å². The van der Waals surface area contributed by atoms with Gasteiger partial charge in [-0.3, -0.25) is 13.8 Å². The van der Waals surface area contributed by atoms with Crippen LogP contribution in [0.1, 0.15) is 206 Å². The fourth-order valence-electron chi connectivity index (χ4n) is 7.94. The SMILES string of the molecule is CC/C=C\C/C=C\C/C=C\C/C=C\CCCCCCCCC(=O)OC(COCCCCCCCCCCC/C=C\C/C=C\C/C=C\CCCCCCC)COP(=O)(O)OC1C(O)C(O)C(O)C(O)C1O. The molecule has 0 spiro atoms. The molecular formula is C57H99O12P. The Bertz CT molecular complexity index is 1480. The number of ether oxygens (including phenoxy) is 2. The maximum Gasteiger partial charge on any atom is 0.472 e. The molecule has 1 aliphatic rings. The number of rotatable bonds is 46. The van der Waals surface area contributed by atoms with E-state index in [0.29, 0.717) is 13.0 Å². The number of hydrogen-bond donors (Lipinski definition) is 6. The molecule has 404 valence electrons. The van der Waals surface area contributed by atoms with Crippen LogP contribution < -0.4 is 0 Å². The van der Waals surface area contributed by atoms with Gasteiger partial charge in [0.25, 0.3) is 0 Å². The van der Waals surface area contributed by atoms with E-state index in [-0.39, 0.29) is 13.0 Å². The molecule has 0 aliphatic heterocycles. The fraction of sp³-hybridized carbons (Fsp3) is 0.737. The molecule has 12 nitrogen and oxygen atoms in total. The van der Waals surface area contributed by atoms with Gasteiger partial charge < -0.3 is 39.9 Å². The molecule has 0 aromatic rings. The Hall–Kier alpha value is -2.48. The van der Waals surface area contributed by atoms with Gasteiger partial charge in [-0.2, -0.15) is 0 Å². The van der Waals surface area contributed by atoms with Gasteiger partial charge >= 0.3 is 13.8 Å². The van der Waals surface area contributed by atoms with Crippen LogP contribution in [0.5, 0.6) is 0 Å². The average Bonchev–Trinajstić information content (AvgIpc) is 3.35. The third-order valence-electron chi connectivity index (χ3n) is 12.3. The molecule has 0 amide bonds. The van der Waals surface area contributed by atoms with Crippen molar-refractivity contribution in [2.75, 3.05) is 19.8 Å². The molecule has 1 saturated carbocycles. The second-order valence-corrected chi connectivity index (χ2v) is 20.1. The van der Waals surface area contributed by atoms with Gasteiger partial charge in [0.1, 0.15) is 42.7 Å². The van der Waals surface area contributed by atoms with Gasteiger partial charge in [0, 0.05) is 13.0 Å². The predicted molar refractivity (Wildman–Crippen MR) is 285 cm³/mol. The summed E-state index contributed by atoms with van der Waals surface area (Å²) >= 11 is 0. The minimum atomic E-state index is -5.04. The first kappa shape index (κ1) is 65.5. The zero-order valence-electron chi connectivity index (χ0n) is 43.5. The van der Waals surface area contributed by atoms with Crippen LogP contribution >= 0.6 is 7.82 Å². The van der Waals surface area contributed by atoms with E-state index < -0.39 is 63.1 Å². The monoisotopic (exact) mass is 1010 g/mol. The Morgan fingerprint density at radius 1 is 0.471 bits per heavy atom. The van der Waals surface area contributed by atoms with Crippen LogP contribution in [0.25, 0.3) is 0 Å². The third kappa shape index (κ3) is 37.3. The smallest absolute Gasteiger partial charge is 0.457 e. The predicted octanol–water partition coefficient (Wildman–Crippen LogP) is 12.9. The summed E-state index contributed by atoms with van der Waals surface area (Å²) in [4.78, 5) is 23.3. The number of unbranched alkanes of at least 4 members (excludes halogenated alkanes) is 20. The summed E-state index contributed by atoms with van der Waals surface area (Å²) in [5.74, 6) is -0.495. The number of hydrogen-bond acceptors (Lipinski definition) is 11. The summed E-state index contributed by atoms with van der Waals surface area (Å²) in [5, 5.41) is 50.4. The summed E-state index contributed by atoms with van der Waals surface area (Å²) in [5.41, 5.74) is 0. The molecule has 70 heavy (non-hydrogen) atoms. The van der Waals surface area contributed by atoms with E-state index in [0.717, 1.165) is 109 Å². The molecule has 1 rings (SSSR count). The van der Waals surface area contributed by atoms with E-state index in [1.807, 2.05) is 0 Å². The van der Waals surface area contributed by atoms with Gasteiger partial charge in [-0.15, -0.1) is 0 Å². The van der Waals surface area contributed by atoms with Gasteiger partial charge in [-0.05, 0) is 89.9 Å². The minimum absolute atomic E-state index is 0.0911. The van der Waals surface area contributed by atoms with Crippen molar-refractivity contribution in [1.82, 2.24) is 0 Å². The lowest BCUT2D eigenvalue weighted by Gasteiger charge is -2.41. The van der Waals surface area contributed by atoms with E-state index in [1.165, 1.54) is 70.6 Å². The highest BCUT2D eigenvalue weighted by Gasteiger charge is 2.51. The summed E-state index contributed by atoms with van der Waals surface area (Å²) < 4.78 is 34.3. The van der Waals surface area contributed by atoms with Crippen LogP contribution in [0, 0.1) is 0 Å². The number of aliphatic hydroxyl groups excluding tert-OH is 5. The van der Waals surface area contributed by atoms with Crippen LogP contribution in [0.3, 0.4) is 0 Å². The topological polar surface area (TPSA) is 192 Å². The second kappa shape index (κ2) is 46.3. The molecule has 0 heterocycles. The van der Waals surface area contributed by atoms with E-state index in [4.69, 9.17) is 18.5 Å². The number of carbonyl (C=O) groups excluding carboxylic acids is 1. The highest BCUT2D eigenvalue weighted by atomic mass is 31.2. The van der Waals surface area contributed by atoms with Crippen molar-refractivity contribution in [3.8, 4) is 0 Å². The molecule has 6 N–H and O–H groups in total. The number of carbonyl (C=O) groups is 1. The molecule has 1 fully saturated rings. The van der Waals surface area contributed by atoms with Crippen molar-refractivity contribution in [3.05, 3.63) is 85.1 Å². The minimum Gasteiger partial charge on any atom is -0.457 e. The lowest BCUT2D eigenvalue weighted by molar-refractivity contribution is -0.220. The van der Waals surface area contributed by atoms with Gasteiger partial charge in [-0.25, -0.2) is 4.57 Å². The highest BCUT2D eigenvalue weighted by Crippen LogP contribution is 2.47. The standard InChI is InChI=1S/C57H99O12P/c1-3-5-7-9-11-13-15-17-19-21-23-24-25-26-27-29-31-33-35-37-39-41-43-45-47-66-48-50(49-67-70(64,65)69-57-55(62)53(60)52(59)54(61)56(57)63)68-51(58)46-44-42-40-38-36-34-32-30-28-22-20-18-16-14-12-10-8-6-4-2/h6,8,12,14-15,17-18,20-21,23,25-26,28,30,50,52-57,59-63H,3-5,7,9-11,13,16,19,22,24,27,29,31-49H2,1-2H3,(H,64,65)/b8-6-,14-12-,17-15-,20-18-,23-21-,26-25-,30-28-. The first-order valence-electron chi connectivity index (χ1n) is 27.4. The van der Waals surface area contributed by atoms with Gasteiger partial charge in [0.15, 0.2) is 0 Å². The fourth-order valence-corrected chi connectivity index (χ4v) is 8.91. The lowest BCUT2D eigenvalue weighted by atomic mass is 9.85. The maximum absolute atomic E-state index is 12.9. The Balaban J connectivity index is 2.33. The number of allylic oxidation sites excluding steroid dienone is 14. The first-order valence-corrected chi connectivity index (χ1v) is 28.9. The van der Waals surface area contributed by atoms with Crippen LogP contribution in [-0.2, 0) is 27.9 Å². The molecule has 6 unspecified atom stereocenters. The van der Waals surface area contributed by atoms with Gasteiger partial charge in [-0.1, -0.05) is 195 Å². The van der Waals surface area contributed by atoms with Crippen LogP contribution in [0.4, 0.5) is 0 Å². The Kier molecular flexibility index (Phi) is 43.4. The first-order chi connectivity index (χ1) is 34.0. The highest BCUT2D eigenvalue weighted by molar-refractivity contribution is 7.47. The Morgan fingerprint density at radius 3 is 1.29 bits per heavy atom. The van der Waals surface area contributed by atoms with Gasteiger partial charge in [0.2, 0.25) is 0 Å². The molecule has 1 aliphatic carbocycles. The molecule has 6 atom stereocenters. The van der Waals surface area contributed by atoms with Crippen molar-refractivity contribution < 1.29 is 58.3 Å². The van der Waals surface area contributed by atoms with Gasteiger partial charge in [0.05, 0.1) is 13.2 Å². The lowest BCUT2D eigenvalue weighted by Crippen LogP contribution is -2.64. The zero-order valence-corrected chi connectivity index (χ0v) is 44.4. The molecule has 0 aromatic carbocycles. The van der Waals surface area contributed by atoms with Crippen molar-refractivity contribution in [2.24, 2.45) is 0 Å². The normalized spacial score (nSPS) is 21.5. The summed E-state index contributed by atoms with van der Waals surface area (Å²) in [7, 11) is -5.04. The van der Waals surface area contributed by atoms with E-state index >= 15 is 0 Å². The van der Waals surface area contributed by atoms with E-state index in [1.54, 1.807) is 0 Å². The van der Waals surface area contributed by atoms with Crippen LogP contribution in [0.15, 0.2) is 85.1 Å². The number of phosphoric ester groups is 1. The van der Waals surface area contributed by atoms with Crippen molar-refractivity contribution >= 4 is 13.8 Å². The molecule has 0 aromatic heterocycles. The quantitative estimate of drug-likeness (QED) is 0.0147. The summed E-state index contributed by atoms with van der Waals surface area (Å²) in [6.45, 7) is 4.12. The number of aliphatic hydroxyl groups is 5. The average molecular weight is 1010 g/mol. The van der Waals surface area contributed by atoms with Crippen molar-refractivity contribution in [2.45, 2.75) is 249 Å². The maximum atomic E-state index is 12.9. The molecule has 0 radical (unpaired) electrons. The van der Waals surface area contributed by atoms with Crippen molar-refractivity contribution in [1.29, 1.82) is 0 Å². The molecule has 13 heteroatoms. The molecular weight excluding hydrogens is 908 g/mol. The summed E-state index contributed by atoms with van der Waals surface area (Å²) in [6, 6.07) is 0. The summed E-state index contributed by atoms with van der Waals surface area (Å²) in [6.07, 6.45) is 50.7. The number of phosphoric acid groups is 1. The second-order valence-electron chi connectivity index (χ2n) is 18.7.